The number of benzene rings is 1. The van der Waals surface area contributed by atoms with E-state index < -0.39 is 29.4 Å². The van der Waals surface area contributed by atoms with Gasteiger partial charge in [-0.25, -0.2) is 8.78 Å². The van der Waals surface area contributed by atoms with Crippen molar-refractivity contribution >= 4 is 5.97 Å². The van der Waals surface area contributed by atoms with Crippen molar-refractivity contribution in [2.75, 3.05) is 13.1 Å². The molecule has 0 saturated carbocycles. The van der Waals surface area contributed by atoms with Gasteiger partial charge in [-0.1, -0.05) is 6.07 Å². The second-order valence-corrected chi connectivity index (χ2v) is 6.26. The van der Waals surface area contributed by atoms with Crippen LogP contribution < -0.4 is 0 Å². The van der Waals surface area contributed by atoms with Gasteiger partial charge in [0.15, 0.2) is 0 Å². The first-order chi connectivity index (χ1) is 9.21. The van der Waals surface area contributed by atoms with E-state index in [-0.39, 0.29) is 11.1 Å². The SMILES string of the molecule is CC(C)(C)N1C[C@@H](C(=O)O)[C@H](c2c(F)cccc2F)C1. The summed E-state index contributed by atoms with van der Waals surface area (Å²) in [7, 11) is 0. The van der Waals surface area contributed by atoms with Gasteiger partial charge in [0, 0.05) is 30.1 Å². The second-order valence-electron chi connectivity index (χ2n) is 6.26. The van der Waals surface area contributed by atoms with E-state index in [4.69, 9.17) is 0 Å². The lowest BCUT2D eigenvalue weighted by Crippen LogP contribution is -2.40. The van der Waals surface area contributed by atoms with Crippen LogP contribution in [0.1, 0.15) is 32.3 Å². The summed E-state index contributed by atoms with van der Waals surface area (Å²) in [4.78, 5) is 13.4. The standard InChI is InChI=1S/C15H19F2NO2/c1-15(2,3)18-7-9(10(8-18)14(19)20)13-11(16)5-4-6-12(13)17/h4-6,9-10H,7-8H2,1-3H3,(H,19,20)/t9-,10-/m1/s1. The van der Waals surface area contributed by atoms with Gasteiger partial charge in [-0.3, -0.25) is 9.69 Å². The maximum absolute atomic E-state index is 13.9. The van der Waals surface area contributed by atoms with Gasteiger partial charge in [-0.15, -0.1) is 0 Å². The van der Waals surface area contributed by atoms with Crippen molar-refractivity contribution in [3.05, 3.63) is 35.4 Å². The van der Waals surface area contributed by atoms with Crippen LogP contribution in [0.5, 0.6) is 0 Å². The van der Waals surface area contributed by atoms with Gasteiger partial charge in [0.1, 0.15) is 11.6 Å². The number of carbonyl (C=O) groups is 1. The Morgan fingerprint density at radius 2 is 1.80 bits per heavy atom. The molecule has 1 aromatic rings. The van der Waals surface area contributed by atoms with Crippen LogP contribution in [-0.2, 0) is 4.79 Å². The van der Waals surface area contributed by atoms with Crippen molar-refractivity contribution in [2.45, 2.75) is 32.2 Å². The first kappa shape index (κ1) is 14.9. The summed E-state index contributed by atoms with van der Waals surface area (Å²) in [5, 5.41) is 9.34. The smallest absolute Gasteiger partial charge is 0.308 e. The molecule has 20 heavy (non-hydrogen) atoms. The highest BCUT2D eigenvalue weighted by atomic mass is 19.1. The topological polar surface area (TPSA) is 40.5 Å². The molecule has 3 nitrogen and oxygen atoms in total. The van der Waals surface area contributed by atoms with Gasteiger partial charge in [-0.2, -0.15) is 0 Å². The quantitative estimate of drug-likeness (QED) is 0.907. The van der Waals surface area contributed by atoms with E-state index in [9.17, 15) is 18.7 Å². The number of hydrogen-bond donors (Lipinski definition) is 1. The van der Waals surface area contributed by atoms with Gasteiger partial charge in [0.05, 0.1) is 5.92 Å². The van der Waals surface area contributed by atoms with Crippen LogP contribution in [0.2, 0.25) is 0 Å². The summed E-state index contributed by atoms with van der Waals surface area (Å²) in [6.07, 6.45) is 0. The van der Waals surface area contributed by atoms with Gasteiger partial charge >= 0.3 is 5.97 Å². The average Bonchev–Trinajstić information content (AvgIpc) is 2.73. The van der Waals surface area contributed by atoms with Crippen molar-refractivity contribution < 1.29 is 18.7 Å². The Morgan fingerprint density at radius 3 is 2.25 bits per heavy atom. The zero-order valence-electron chi connectivity index (χ0n) is 11.9. The monoisotopic (exact) mass is 283 g/mol. The fourth-order valence-corrected chi connectivity index (χ4v) is 2.76. The number of halogens is 2. The van der Waals surface area contributed by atoms with Crippen molar-refractivity contribution in [3.63, 3.8) is 0 Å². The van der Waals surface area contributed by atoms with E-state index >= 15 is 0 Å². The third-order valence-corrected chi connectivity index (χ3v) is 3.96. The molecular weight excluding hydrogens is 264 g/mol. The Kier molecular flexibility index (Phi) is 3.82. The van der Waals surface area contributed by atoms with E-state index in [0.717, 1.165) is 0 Å². The molecule has 1 saturated heterocycles. The van der Waals surface area contributed by atoms with Crippen LogP contribution in [0.3, 0.4) is 0 Å². The molecule has 5 heteroatoms. The summed E-state index contributed by atoms with van der Waals surface area (Å²) < 4.78 is 27.8. The largest absolute Gasteiger partial charge is 0.481 e. The van der Waals surface area contributed by atoms with Gasteiger partial charge in [0.2, 0.25) is 0 Å². The summed E-state index contributed by atoms with van der Waals surface area (Å²) in [5.74, 6) is -3.80. The third kappa shape index (κ3) is 2.68. The van der Waals surface area contributed by atoms with Crippen molar-refractivity contribution in [1.29, 1.82) is 0 Å². The normalized spacial score (nSPS) is 24.1. The second kappa shape index (κ2) is 5.13. The fraction of sp³-hybridized carbons (Fsp3) is 0.533. The summed E-state index contributed by atoms with van der Waals surface area (Å²) in [6, 6.07) is 3.65. The number of rotatable bonds is 2. The van der Waals surface area contributed by atoms with Crippen molar-refractivity contribution in [1.82, 2.24) is 4.90 Å². The Bertz CT molecular complexity index is 505. The lowest BCUT2D eigenvalue weighted by Gasteiger charge is -2.31. The first-order valence-electron chi connectivity index (χ1n) is 6.63. The molecule has 0 radical (unpaired) electrons. The minimum absolute atomic E-state index is 0.105. The minimum atomic E-state index is -1.01. The van der Waals surface area contributed by atoms with Gasteiger partial charge < -0.3 is 5.11 Å². The molecule has 1 aliphatic heterocycles. The zero-order valence-corrected chi connectivity index (χ0v) is 11.9. The number of aliphatic carboxylic acids is 1. The number of hydrogen-bond acceptors (Lipinski definition) is 2. The molecule has 0 aliphatic carbocycles. The van der Waals surface area contributed by atoms with Crippen LogP contribution in [0, 0.1) is 17.6 Å². The van der Waals surface area contributed by atoms with Crippen molar-refractivity contribution in [2.24, 2.45) is 5.92 Å². The van der Waals surface area contributed by atoms with Crippen LogP contribution in [0.15, 0.2) is 18.2 Å². The minimum Gasteiger partial charge on any atom is -0.481 e. The van der Waals surface area contributed by atoms with E-state index in [0.29, 0.717) is 13.1 Å². The lowest BCUT2D eigenvalue weighted by molar-refractivity contribution is -0.141. The van der Waals surface area contributed by atoms with Crippen molar-refractivity contribution in [3.8, 4) is 0 Å². The Balaban J connectivity index is 2.41. The lowest BCUT2D eigenvalue weighted by atomic mass is 9.88. The highest BCUT2D eigenvalue weighted by Gasteiger charge is 2.43. The fourth-order valence-electron chi connectivity index (χ4n) is 2.76. The van der Waals surface area contributed by atoms with Gasteiger partial charge in [-0.05, 0) is 32.9 Å². The van der Waals surface area contributed by atoms with E-state index in [1.807, 2.05) is 25.7 Å². The molecule has 1 N–H and O–H groups in total. The Hall–Kier alpha value is -1.49. The van der Waals surface area contributed by atoms with E-state index in [1.54, 1.807) is 0 Å². The maximum Gasteiger partial charge on any atom is 0.308 e. The highest BCUT2D eigenvalue weighted by Crippen LogP contribution is 2.38. The number of carboxylic acids is 1. The predicted molar refractivity (Wildman–Crippen MR) is 71.6 cm³/mol. The van der Waals surface area contributed by atoms with Crippen LogP contribution >= 0.6 is 0 Å². The predicted octanol–water partition coefficient (Wildman–Crippen LogP) is 2.86. The molecular formula is C15H19F2NO2. The maximum atomic E-state index is 13.9. The van der Waals surface area contributed by atoms with E-state index in [1.165, 1.54) is 18.2 Å². The number of nitrogens with zero attached hydrogens (tertiary/aromatic N) is 1. The molecule has 0 aromatic heterocycles. The average molecular weight is 283 g/mol. The molecule has 0 unspecified atom stereocenters. The molecule has 1 aromatic carbocycles. The molecule has 0 amide bonds. The molecule has 1 fully saturated rings. The molecule has 2 atom stereocenters. The molecule has 0 spiro atoms. The van der Waals surface area contributed by atoms with Crippen LogP contribution in [0.25, 0.3) is 0 Å². The first-order valence-corrected chi connectivity index (χ1v) is 6.63. The third-order valence-electron chi connectivity index (χ3n) is 3.96. The zero-order chi connectivity index (χ0) is 15.1. The summed E-state index contributed by atoms with van der Waals surface area (Å²) in [5.41, 5.74) is -0.337. The summed E-state index contributed by atoms with van der Waals surface area (Å²) in [6.45, 7) is 6.54. The molecule has 0 bridgehead atoms. The number of likely N-dealkylation sites (tertiary alicyclic amines) is 1. The molecule has 1 heterocycles. The van der Waals surface area contributed by atoms with Gasteiger partial charge in [0.25, 0.3) is 0 Å². The van der Waals surface area contributed by atoms with Crippen LogP contribution in [-0.4, -0.2) is 34.6 Å². The summed E-state index contributed by atoms with van der Waals surface area (Å²) >= 11 is 0. The number of carboxylic acid groups (broad SMARTS) is 1. The highest BCUT2D eigenvalue weighted by molar-refractivity contribution is 5.72. The molecule has 1 aliphatic rings. The Morgan fingerprint density at radius 1 is 1.25 bits per heavy atom. The molecule has 110 valence electrons. The van der Waals surface area contributed by atoms with Crippen LogP contribution in [0.4, 0.5) is 8.78 Å². The Labute approximate surface area is 117 Å². The molecule has 2 rings (SSSR count). The van der Waals surface area contributed by atoms with E-state index in [2.05, 4.69) is 0 Å².